The zero-order chi connectivity index (χ0) is 12.4. The lowest BCUT2D eigenvalue weighted by molar-refractivity contribution is 0.103. The number of nitrogen functional groups attached to an aromatic ring is 1. The summed E-state index contributed by atoms with van der Waals surface area (Å²) in [6, 6.07) is 12.5. The molecular formula is C14H12ClNO. The van der Waals surface area contributed by atoms with Gasteiger partial charge in [-0.25, -0.2) is 0 Å². The minimum absolute atomic E-state index is 0.0357. The lowest BCUT2D eigenvalue weighted by Gasteiger charge is -2.09. The van der Waals surface area contributed by atoms with E-state index >= 15 is 0 Å². The molecule has 0 saturated carbocycles. The van der Waals surface area contributed by atoms with E-state index in [9.17, 15) is 4.79 Å². The van der Waals surface area contributed by atoms with Gasteiger partial charge in [0.05, 0.1) is 10.7 Å². The average molecular weight is 246 g/mol. The van der Waals surface area contributed by atoms with Gasteiger partial charge < -0.3 is 5.73 Å². The van der Waals surface area contributed by atoms with Crippen LogP contribution in [0.3, 0.4) is 0 Å². The van der Waals surface area contributed by atoms with E-state index in [2.05, 4.69) is 0 Å². The quantitative estimate of drug-likeness (QED) is 0.650. The summed E-state index contributed by atoms with van der Waals surface area (Å²) in [4.78, 5) is 12.2. The van der Waals surface area contributed by atoms with Crippen molar-refractivity contribution in [2.45, 2.75) is 6.92 Å². The Morgan fingerprint density at radius 2 is 1.76 bits per heavy atom. The third-order valence-electron chi connectivity index (χ3n) is 2.74. The first kappa shape index (κ1) is 11.7. The van der Waals surface area contributed by atoms with Gasteiger partial charge in [-0.15, -0.1) is 0 Å². The molecule has 0 radical (unpaired) electrons. The first-order chi connectivity index (χ1) is 8.11. The zero-order valence-electron chi connectivity index (χ0n) is 9.41. The summed E-state index contributed by atoms with van der Waals surface area (Å²) in [6.45, 7) is 1.80. The van der Waals surface area contributed by atoms with Crippen molar-refractivity contribution in [3.8, 4) is 0 Å². The number of nitrogens with two attached hydrogens (primary N) is 1. The van der Waals surface area contributed by atoms with Gasteiger partial charge in [0.1, 0.15) is 0 Å². The van der Waals surface area contributed by atoms with Crippen LogP contribution in [0.2, 0.25) is 5.02 Å². The molecule has 0 spiro atoms. The van der Waals surface area contributed by atoms with E-state index in [4.69, 9.17) is 17.3 Å². The highest BCUT2D eigenvalue weighted by Crippen LogP contribution is 2.26. The summed E-state index contributed by atoms with van der Waals surface area (Å²) in [5.74, 6) is -0.0357. The SMILES string of the molecule is Cc1c(C(=O)c2ccccc2)ccc(Cl)c1N. The van der Waals surface area contributed by atoms with Crippen LogP contribution in [0.25, 0.3) is 0 Å². The average Bonchev–Trinajstić information content (AvgIpc) is 2.36. The Morgan fingerprint density at radius 1 is 1.12 bits per heavy atom. The summed E-state index contributed by atoms with van der Waals surface area (Å²) < 4.78 is 0. The normalized spacial score (nSPS) is 10.2. The van der Waals surface area contributed by atoms with Crippen molar-refractivity contribution >= 4 is 23.1 Å². The molecule has 0 fully saturated rings. The number of rotatable bonds is 2. The number of anilines is 1. The second-order valence-electron chi connectivity index (χ2n) is 3.83. The van der Waals surface area contributed by atoms with Gasteiger partial charge in [0.15, 0.2) is 5.78 Å². The van der Waals surface area contributed by atoms with Crippen LogP contribution >= 0.6 is 11.6 Å². The van der Waals surface area contributed by atoms with Gasteiger partial charge >= 0.3 is 0 Å². The third-order valence-corrected chi connectivity index (χ3v) is 3.07. The second kappa shape index (κ2) is 4.60. The number of halogens is 1. The van der Waals surface area contributed by atoms with Crippen molar-refractivity contribution in [2.24, 2.45) is 0 Å². The predicted octanol–water partition coefficient (Wildman–Crippen LogP) is 3.46. The molecule has 0 aliphatic rings. The zero-order valence-corrected chi connectivity index (χ0v) is 10.2. The van der Waals surface area contributed by atoms with Gasteiger partial charge in [-0.2, -0.15) is 0 Å². The second-order valence-corrected chi connectivity index (χ2v) is 4.24. The lowest BCUT2D eigenvalue weighted by atomic mass is 9.98. The molecule has 2 rings (SSSR count). The van der Waals surface area contributed by atoms with Crippen molar-refractivity contribution in [1.29, 1.82) is 0 Å². The van der Waals surface area contributed by atoms with Gasteiger partial charge in [-0.3, -0.25) is 4.79 Å². The molecule has 2 nitrogen and oxygen atoms in total. The molecule has 3 heteroatoms. The summed E-state index contributed by atoms with van der Waals surface area (Å²) >= 11 is 5.90. The van der Waals surface area contributed by atoms with Crippen molar-refractivity contribution in [1.82, 2.24) is 0 Å². The van der Waals surface area contributed by atoms with E-state index in [1.807, 2.05) is 18.2 Å². The highest BCUT2D eigenvalue weighted by molar-refractivity contribution is 6.33. The Labute approximate surface area is 105 Å². The summed E-state index contributed by atoms with van der Waals surface area (Å²) in [5, 5.41) is 0.479. The number of hydrogen-bond donors (Lipinski definition) is 1. The van der Waals surface area contributed by atoms with E-state index in [0.29, 0.717) is 21.8 Å². The highest BCUT2D eigenvalue weighted by Gasteiger charge is 2.14. The highest BCUT2D eigenvalue weighted by atomic mass is 35.5. The molecule has 0 bridgehead atoms. The van der Waals surface area contributed by atoms with Crippen LogP contribution in [0.4, 0.5) is 5.69 Å². The predicted molar refractivity (Wildman–Crippen MR) is 70.5 cm³/mol. The molecule has 2 N–H and O–H groups in total. The van der Waals surface area contributed by atoms with Crippen LogP contribution in [0.15, 0.2) is 42.5 Å². The van der Waals surface area contributed by atoms with Crippen LogP contribution in [-0.2, 0) is 0 Å². The van der Waals surface area contributed by atoms with Crippen LogP contribution in [0.5, 0.6) is 0 Å². The summed E-state index contributed by atoms with van der Waals surface area (Å²) in [5.41, 5.74) is 8.25. The maximum atomic E-state index is 12.2. The Hall–Kier alpha value is -1.80. The maximum absolute atomic E-state index is 12.2. The molecular weight excluding hydrogens is 234 g/mol. The van der Waals surface area contributed by atoms with Crippen LogP contribution < -0.4 is 5.73 Å². The molecule has 0 aliphatic carbocycles. The molecule has 0 amide bonds. The van der Waals surface area contributed by atoms with Crippen LogP contribution in [0.1, 0.15) is 21.5 Å². The van der Waals surface area contributed by atoms with Crippen LogP contribution in [0, 0.1) is 6.92 Å². The fourth-order valence-electron chi connectivity index (χ4n) is 1.69. The van der Waals surface area contributed by atoms with E-state index in [1.54, 1.807) is 31.2 Å². The standard InChI is InChI=1S/C14H12ClNO/c1-9-11(7-8-12(15)13(9)16)14(17)10-5-3-2-4-6-10/h2-8H,16H2,1H3. The number of carbonyl (C=O) groups excluding carboxylic acids is 1. The fourth-order valence-corrected chi connectivity index (χ4v) is 1.89. The first-order valence-electron chi connectivity index (χ1n) is 5.25. The topological polar surface area (TPSA) is 43.1 Å². The van der Waals surface area contributed by atoms with Gasteiger partial charge in [0.2, 0.25) is 0 Å². The Morgan fingerprint density at radius 3 is 2.41 bits per heavy atom. The molecule has 0 atom stereocenters. The molecule has 2 aromatic rings. The van der Waals surface area contributed by atoms with Gasteiger partial charge in [-0.1, -0.05) is 41.9 Å². The number of hydrogen-bond acceptors (Lipinski definition) is 2. The minimum atomic E-state index is -0.0357. The first-order valence-corrected chi connectivity index (χ1v) is 5.63. The van der Waals surface area contributed by atoms with E-state index in [0.717, 1.165) is 5.56 Å². The Balaban J connectivity index is 2.49. The maximum Gasteiger partial charge on any atom is 0.193 e. The monoisotopic (exact) mass is 245 g/mol. The lowest BCUT2D eigenvalue weighted by Crippen LogP contribution is -2.05. The molecule has 0 aromatic heterocycles. The molecule has 0 saturated heterocycles. The number of ketones is 1. The fraction of sp³-hybridized carbons (Fsp3) is 0.0714. The summed E-state index contributed by atoms with van der Waals surface area (Å²) in [7, 11) is 0. The summed E-state index contributed by atoms with van der Waals surface area (Å²) in [6.07, 6.45) is 0. The Bertz CT molecular complexity index is 564. The van der Waals surface area contributed by atoms with Gasteiger partial charge in [0.25, 0.3) is 0 Å². The third kappa shape index (κ3) is 2.17. The minimum Gasteiger partial charge on any atom is -0.397 e. The van der Waals surface area contributed by atoms with E-state index < -0.39 is 0 Å². The van der Waals surface area contributed by atoms with Crippen molar-refractivity contribution < 1.29 is 4.79 Å². The van der Waals surface area contributed by atoms with E-state index in [-0.39, 0.29) is 5.78 Å². The van der Waals surface area contributed by atoms with Crippen molar-refractivity contribution in [3.63, 3.8) is 0 Å². The largest absolute Gasteiger partial charge is 0.397 e. The molecule has 0 heterocycles. The van der Waals surface area contributed by atoms with Crippen molar-refractivity contribution in [2.75, 3.05) is 5.73 Å². The van der Waals surface area contributed by atoms with Crippen LogP contribution in [-0.4, -0.2) is 5.78 Å². The number of carbonyl (C=O) groups is 1. The molecule has 2 aromatic carbocycles. The smallest absolute Gasteiger partial charge is 0.193 e. The molecule has 86 valence electrons. The Kier molecular flexibility index (Phi) is 3.16. The molecule has 0 aliphatic heterocycles. The van der Waals surface area contributed by atoms with Crippen molar-refractivity contribution in [3.05, 3.63) is 64.2 Å². The number of benzene rings is 2. The van der Waals surface area contributed by atoms with Gasteiger partial charge in [-0.05, 0) is 24.6 Å². The molecule has 0 unspecified atom stereocenters. The molecule has 17 heavy (non-hydrogen) atoms. The van der Waals surface area contributed by atoms with Gasteiger partial charge in [0, 0.05) is 11.1 Å². The van der Waals surface area contributed by atoms with E-state index in [1.165, 1.54) is 0 Å².